The molecule has 0 radical (unpaired) electrons. The maximum Gasteiger partial charge on any atom is 0.355 e. The number of nitrogens with zero attached hydrogens (tertiary/aromatic N) is 2. The molecule has 1 saturated heterocycles. The number of carbonyl (C=O) groups excluding carboxylic acids is 1. The predicted octanol–water partition coefficient (Wildman–Crippen LogP) is 3.47. The number of carboxylic acids is 1. The largest absolute Gasteiger partial charge is 0.476 e. The van der Waals surface area contributed by atoms with Gasteiger partial charge in [-0.2, -0.15) is 0 Å². The van der Waals surface area contributed by atoms with Gasteiger partial charge in [0.1, 0.15) is 0 Å². The Morgan fingerprint density at radius 1 is 1.54 bits per heavy atom. The number of thiazole rings is 1. The molecule has 0 saturated carbocycles. The summed E-state index contributed by atoms with van der Waals surface area (Å²) in [7, 11) is 0. The van der Waals surface area contributed by atoms with Crippen molar-refractivity contribution in [3.63, 3.8) is 0 Å². The van der Waals surface area contributed by atoms with Gasteiger partial charge in [-0.1, -0.05) is 44.9 Å². The molecule has 8 heteroatoms. The van der Waals surface area contributed by atoms with Gasteiger partial charge in [-0.3, -0.25) is 4.79 Å². The van der Waals surface area contributed by atoms with Gasteiger partial charge in [0, 0.05) is 36.2 Å². The molecular formula is C18H29N3O3S2. The summed E-state index contributed by atoms with van der Waals surface area (Å²) < 4.78 is 0.725. The Labute approximate surface area is 163 Å². The minimum absolute atomic E-state index is 0.0155. The normalized spacial score (nSPS) is 19.7. The van der Waals surface area contributed by atoms with Crippen LogP contribution in [0.1, 0.15) is 62.9 Å². The van der Waals surface area contributed by atoms with Gasteiger partial charge in [-0.15, -0.1) is 11.3 Å². The Morgan fingerprint density at radius 2 is 2.31 bits per heavy atom. The first-order chi connectivity index (χ1) is 12.4. The Kier molecular flexibility index (Phi) is 8.37. The Balaban J connectivity index is 1.85. The number of carbonyl (C=O) groups is 2. The molecule has 1 fully saturated rings. The van der Waals surface area contributed by atoms with Crippen LogP contribution >= 0.6 is 23.1 Å². The lowest BCUT2D eigenvalue weighted by Crippen LogP contribution is -2.49. The van der Waals surface area contributed by atoms with E-state index in [1.165, 1.54) is 42.4 Å². The van der Waals surface area contributed by atoms with Gasteiger partial charge < -0.3 is 15.7 Å². The summed E-state index contributed by atoms with van der Waals surface area (Å²) in [6, 6.07) is 0.132. The van der Waals surface area contributed by atoms with Crippen molar-refractivity contribution in [2.45, 2.75) is 68.8 Å². The van der Waals surface area contributed by atoms with Gasteiger partial charge in [0.25, 0.3) is 0 Å². The molecule has 6 nitrogen and oxygen atoms in total. The molecule has 26 heavy (non-hydrogen) atoms. The molecular weight excluding hydrogens is 370 g/mol. The third kappa shape index (κ3) is 5.69. The molecule has 3 atom stereocenters. The topological polar surface area (TPSA) is 96.5 Å². The summed E-state index contributed by atoms with van der Waals surface area (Å²) in [6.45, 7) is 5.02. The summed E-state index contributed by atoms with van der Waals surface area (Å²) in [5.41, 5.74) is 6.58. The lowest BCUT2D eigenvalue weighted by atomic mass is 9.89. The van der Waals surface area contributed by atoms with Crippen molar-refractivity contribution in [2.24, 2.45) is 11.7 Å². The SMILES string of the molecule is CCCCCC(C)C(N)[C@H]1CCC(=O)N1CCSc1nc(C(=O)O)cs1. The van der Waals surface area contributed by atoms with E-state index < -0.39 is 5.97 Å². The monoisotopic (exact) mass is 399 g/mol. The third-order valence-corrected chi connectivity index (χ3v) is 7.00. The summed E-state index contributed by atoms with van der Waals surface area (Å²) in [6.07, 6.45) is 6.15. The lowest BCUT2D eigenvalue weighted by molar-refractivity contribution is -0.129. The minimum Gasteiger partial charge on any atom is -0.476 e. The van der Waals surface area contributed by atoms with E-state index in [0.29, 0.717) is 24.6 Å². The molecule has 0 spiro atoms. The number of carboxylic acid groups (broad SMARTS) is 1. The second-order valence-electron chi connectivity index (χ2n) is 6.90. The molecule has 3 N–H and O–H groups in total. The zero-order valence-corrected chi connectivity index (χ0v) is 17.2. The van der Waals surface area contributed by atoms with Crippen LogP contribution in [0.15, 0.2) is 9.72 Å². The Morgan fingerprint density at radius 3 is 2.96 bits per heavy atom. The molecule has 1 aliphatic heterocycles. The highest BCUT2D eigenvalue weighted by Crippen LogP contribution is 2.28. The van der Waals surface area contributed by atoms with Crippen LogP contribution in [0.4, 0.5) is 0 Å². The second-order valence-corrected chi connectivity index (χ2v) is 9.10. The first-order valence-corrected chi connectivity index (χ1v) is 11.2. The number of unbranched alkanes of at least 4 members (excludes halogenated alkanes) is 2. The highest BCUT2D eigenvalue weighted by atomic mass is 32.2. The Bertz CT molecular complexity index is 608. The third-order valence-electron chi connectivity index (χ3n) is 5.00. The van der Waals surface area contributed by atoms with Crippen LogP contribution in [-0.4, -0.2) is 51.2 Å². The molecule has 2 heterocycles. The van der Waals surface area contributed by atoms with Crippen molar-refractivity contribution in [1.29, 1.82) is 0 Å². The quantitative estimate of drug-likeness (QED) is 0.437. The molecule has 0 bridgehead atoms. The molecule has 1 aliphatic rings. The number of likely N-dealkylation sites (tertiary alicyclic amines) is 1. The molecule has 2 rings (SSSR count). The van der Waals surface area contributed by atoms with E-state index in [1.807, 2.05) is 4.90 Å². The molecule has 0 aromatic carbocycles. The van der Waals surface area contributed by atoms with E-state index >= 15 is 0 Å². The number of rotatable bonds is 11. The van der Waals surface area contributed by atoms with E-state index in [2.05, 4.69) is 18.8 Å². The first-order valence-electron chi connectivity index (χ1n) is 9.30. The van der Waals surface area contributed by atoms with Crippen molar-refractivity contribution in [1.82, 2.24) is 9.88 Å². The molecule has 2 unspecified atom stereocenters. The number of nitrogens with two attached hydrogens (primary N) is 1. The van der Waals surface area contributed by atoms with Crippen LogP contribution in [0.3, 0.4) is 0 Å². The van der Waals surface area contributed by atoms with E-state index in [1.54, 1.807) is 5.38 Å². The predicted molar refractivity (Wildman–Crippen MR) is 106 cm³/mol. The number of hydrogen-bond acceptors (Lipinski definition) is 6. The van der Waals surface area contributed by atoms with Crippen LogP contribution in [0.2, 0.25) is 0 Å². The number of thioether (sulfide) groups is 1. The van der Waals surface area contributed by atoms with E-state index in [4.69, 9.17) is 10.8 Å². The summed E-state index contributed by atoms with van der Waals surface area (Å²) in [5.74, 6) is 0.277. The molecule has 146 valence electrons. The van der Waals surface area contributed by atoms with Crippen molar-refractivity contribution >= 4 is 35.0 Å². The average molecular weight is 400 g/mol. The average Bonchev–Trinajstić information content (AvgIpc) is 3.22. The number of hydrogen-bond donors (Lipinski definition) is 2. The molecule has 1 aromatic heterocycles. The molecule has 0 aliphatic carbocycles. The van der Waals surface area contributed by atoms with Crippen LogP contribution in [0.5, 0.6) is 0 Å². The fourth-order valence-electron chi connectivity index (χ4n) is 3.39. The molecule has 1 aromatic rings. The van der Waals surface area contributed by atoms with Crippen LogP contribution in [0.25, 0.3) is 0 Å². The zero-order chi connectivity index (χ0) is 19.1. The van der Waals surface area contributed by atoms with Gasteiger partial charge >= 0.3 is 5.97 Å². The van der Waals surface area contributed by atoms with E-state index in [-0.39, 0.29) is 23.7 Å². The van der Waals surface area contributed by atoms with Crippen molar-refractivity contribution in [3.8, 4) is 0 Å². The maximum absolute atomic E-state index is 12.3. The van der Waals surface area contributed by atoms with Crippen LogP contribution in [0, 0.1) is 5.92 Å². The maximum atomic E-state index is 12.3. The lowest BCUT2D eigenvalue weighted by Gasteiger charge is -2.33. The molecule has 1 amide bonds. The smallest absolute Gasteiger partial charge is 0.355 e. The van der Waals surface area contributed by atoms with Crippen molar-refractivity contribution in [2.75, 3.05) is 12.3 Å². The summed E-state index contributed by atoms with van der Waals surface area (Å²) >= 11 is 2.82. The fourth-order valence-corrected chi connectivity index (χ4v) is 5.20. The van der Waals surface area contributed by atoms with E-state index in [9.17, 15) is 9.59 Å². The van der Waals surface area contributed by atoms with E-state index in [0.717, 1.165) is 17.2 Å². The fraction of sp³-hybridized carbons (Fsp3) is 0.722. The highest BCUT2D eigenvalue weighted by Gasteiger charge is 2.36. The van der Waals surface area contributed by atoms with Gasteiger partial charge in [-0.05, 0) is 18.8 Å². The van der Waals surface area contributed by atoms with Gasteiger partial charge in [0.2, 0.25) is 5.91 Å². The van der Waals surface area contributed by atoms with Gasteiger partial charge in [0.05, 0.1) is 0 Å². The number of aromatic nitrogens is 1. The van der Waals surface area contributed by atoms with Gasteiger partial charge in [0.15, 0.2) is 10.0 Å². The van der Waals surface area contributed by atoms with Crippen LogP contribution < -0.4 is 5.73 Å². The van der Waals surface area contributed by atoms with Gasteiger partial charge in [-0.25, -0.2) is 9.78 Å². The number of aromatic carboxylic acids is 1. The minimum atomic E-state index is -1.01. The first kappa shape index (κ1) is 21.2. The van der Waals surface area contributed by atoms with Crippen molar-refractivity contribution < 1.29 is 14.7 Å². The summed E-state index contributed by atoms with van der Waals surface area (Å²) in [4.78, 5) is 29.2. The number of amides is 1. The standard InChI is InChI=1S/C18H29N3O3S2/c1-3-4-5-6-12(2)16(19)14-7-8-15(22)21(14)9-10-25-18-20-13(11-26-18)17(23)24/h11-12,14,16H,3-10,19H2,1-2H3,(H,23,24)/t12?,14-,16?/m1/s1. The van der Waals surface area contributed by atoms with Crippen molar-refractivity contribution in [3.05, 3.63) is 11.1 Å². The second kappa shape index (κ2) is 10.3. The summed E-state index contributed by atoms with van der Waals surface area (Å²) in [5, 5.41) is 10.5. The zero-order valence-electron chi connectivity index (χ0n) is 15.5. The highest BCUT2D eigenvalue weighted by molar-refractivity contribution is 8.01. The Hall–Kier alpha value is -1.12. The van der Waals surface area contributed by atoms with Crippen LogP contribution in [-0.2, 0) is 4.79 Å².